The fourth-order valence-electron chi connectivity index (χ4n) is 0.577. The zero-order chi connectivity index (χ0) is 7.98. The molecule has 58 valence electrons. The van der Waals surface area contributed by atoms with Crippen molar-refractivity contribution in [2.75, 3.05) is 13.2 Å². The first-order valence-electron chi connectivity index (χ1n) is 3.30. The molecule has 0 unspecified atom stereocenters. The monoisotopic (exact) mass is 143 g/mol. The van der Waals surface area contributed by atoms with E-state index in [9.17, 15) is 4.79 Å². The van der Waals surface area contributed by atoms with Crippen molar-refractivity contribution in [1.82, 2.24) is 0 Å². The standard InChI is InChI=1S/C7H13NO2/c1-3-10-5-7(8)4-6(2)9/h8H,3-5H2,1-2H3. The summed E-state index contributed by atoms with van der Waals surface area (Å²) in [6.45, 7) is 4.22. The molecule has 0 saturated heterocycles. The molecular weight excluding hydrogens is 130 g/mol. The Kier molecular flexibility index (Phi) is 4.76. The van der Waals surface area contributed by atoms with Crippen molar-refractivity contribution in [3.05, 3.63) is 0 Å². The number of carbonyl (C=O) groups excluding carboxylic acids is 1. The minimum Gasteiger partial charge on any atom is -0.376 e. The van der Waals surface area contributed by atoms with Gasteiger partial charge in [-0.25, -0.2) is 0 Å². The van der Waals surface area contributed by atoms with Gasteiger partial charge in [0.05, 0.1) is 6.61 Å². The summed E-state index contributed by atoms with van der Waals surface area (Å²) in [4.78, 5) is 10.4. The van der Waals surface area contributed by atoms with Gasteiger partial charge < -0.3 is 10.1 Å². The van der Waals surface area contributed by atoms with Gasteiger partial charge in [-0.3, -0.25) is 4.79 Å². The molecule has 1 N–H and O–H groups in total. The van der Waals surface area contributed by atoms with Crippen LogP contribution in [-0.2, 0) is 9.53 Å². The summed E-state index contributed by atoms with van der Waals surface area (Å²) in [5.74, 6) is 0.0182. The number of nitrogens with one attached hydrogen (secondary N) is 1. The number of rotatable bonds is 5. The van der Waals surface area contributed by atoms with Crippen molar-refractivity contribution in [1.29, 1.82) is 5.41 Å². The number of ether oxygens (including phenoxy) is 1. The summed E-state index contributed by atoms with van der Waals surface area (Å²) >= 11 is 0. The highest BCUT2D eigenvalue weighted by Crippen LogP contribution is 1.86. The number of hydrogen-bond donors (Lipinski definition) is 1. The maximum atomic E-state index is 10.4. The molecule has 3 nitrogen and oxygen atoms in total. The van der Waals surface area contributed by atoms with E-state index in [4.69, 9.17) is 10.1 Å². The van der Waals surface area contributed by atoms with Crippen LogP contribution in [0.15, 0.2) is 0 Å². The summed E-state index contributed by atoms with van der Waals surface area (Å²) in [5.41, 5.74) is 0.356. The van der Waals surface area contributed by atoms with Crippen LogP contribution in [0.1, 0.15) is 20.3 Å². The highest BCUT2D eigenvalue weighted by Gasteiger charge is 1.99. The zero-order valence-corrected chi connectivity index (χ0v) is 6.44. The summed E-state index contributed by atoms with van der Waals surface area (Å²) < 4.78 is 4.92. The molecule has 0 aliphatic carbocycles. The minimum absolute atomic E-state index is 0.0182. The Balaban J connectivity index is 3.35. The number of Topliss-reactive ketones (excluding diaryl/α,β-unsaturated/α-hetero) is 1. The van der Waals surface area contributed by atoms with Gasteiger partial charge in [0.2, 0.25) is 0 Å². The molecule has 0 aromatic carbocycles. The lowest BCUT2D eigenvalue weighted by Gasteiger charge is -1.99. The van der Waals surface area contributed by atoms with Gasteiger partial charge in [0, 0.05) is 18.7 Å². The van der Waals surface area contributed by atoms with Crippen molar-refractivity contribution in [3.63, 3.8) is 0 Å². The molecule has 0 aliphatic heterocycles. The molecule has 0 atom stereocenters. The van der Waals surface area contributed by atoms with E-state index < -0.39 is 0 Å². The Morgan fingerprint density at radius 2 is 2.20 bits per heavy atom. The van der Waals surface area contributed by atoms with Crippen LogP contribution in [0.2, 0.25) is 0 Å². The lowest BCUT2D eigenvalue weighted by Crippen LogP contribution is -2.10. The number of hydrogen-bond acceptors (Lipinski definition) is 3. The van der Waals surface area contributed by atoms with E-state index in [1.165, 1.54) is 6.92 Å². The van der Waals surface area contributed by atoms with Gasteiger partial charge in [-0.2, -0.15) is 0 Å². The second-order valence-electron chi connectivity index (χ2n) is 2.12. The molecule has 0 bridgehead atoms. The third-order valence-corrected chi connectivity index (χ3v) is 0.943. The maximum absolute atomic E-state index is 10.4. The van der Waals surface area contributed by atoms with Crippen LogP contribution in [-0.4, -0.2) is 24.7 Å². The Hall–Kier alpha value is -0.700. The molecule has 0 radical (unpaired) electrons. The lowest BCUT2D eigenvalue weighted by molar-refractivity contribution is -0.115. The molecule has 10 heavy (non-hydrogen) atoms. The fourth-order valence-corrected chi connectivity index (χ4v) is 0.577. The van der Waals surface area contributed by atoms with E-state index in [0.717, 1.165) is 0 Å². The molecule has 3 heteroatoms. The first-order chi connectivity index (χ1) is 4.66. The lowest BCUT2D eigenvalue weighted by atomic mass is 10.2. The molecule has 0 aliphatic rings. The van der Waals surface area contributed by atoms with Gasteiger partial charge in [0.25, 0.3) is 0 Å². The van der Waals surface area contributed by atoms with Crippen molar-refractivity contribution in [2.45, 2.75) is 20.3 Å². The summed E-state index contributed by atoms with van der Waals surface area (Å²) in [5, 5.41) is 7.18. The normalized spacial score (nSPS) is 9.40. The van der Waals surface area contributed by atoms with Gasteiger partial charge in [0.15, 0.2) is 0 Å². The number of carbonyl (C=O) groups is 1. The molecule has 0 aromatic heterocycles. The van der Waals surface area contributed by atoms with E-state index >= 15 is 0 Å². The Morgan fingerprint density at radius 1 is 1.60 bits per heavy atom. The van der Waals surface area contributed by atoms with E-state index in [2.05, 4.69) is 0 Å². The SMILES string of the molecule is CCOCC(=N)CC(C)=O. The topological polar surface area (TPSA) is 50.1 Å². The van der Waals surface area contributed by atoms with Crippen molar-refractivity contribution >= 4 is 11.5 Å². The predicted octanol–water partition coefficient (Wildman–Crippen LogP) is 1.02. The van der Waals surface area contributed by atoms with Crippen molar-refractivity contribution in [3.8, 4) is 0 Å². The smallest absolute Gasteiger partial charge is 0.135 e. The van der Waals surface area contributed by atoms with Crippen LogP contribution in [0, 0.1) is 5.41 Å². The maximum Gasteiger partial charge on any atom is 0.135 e. The molecular formula is C7H13NO2. The highest BCUT2D eigenvalue weighted by atomic mass is 16.5. The van der Waals surface area contributed by atoms with Crippen LogP contribution in [0.3, 0.4) is 0 Å². The first-order valence-corrected chi connectivity index (χ1v) is 3.30. The van der Waals surface area contributed by atoms with Crippen LogP contribution >= 0.6 is 0 Å². The molecule has 0 spiro atoms. The Labute approximate surface area is 60.9 Å². The van der Waals surface area contributed by atoms with Gasteiger partial charge in [0.1, 0.15) is 5.78 Å². The summed E-state index contributed by atoms with van der Waals surface area (Å²) in [6.07, 6.45) is 0.222. The van der Waals surface area contributed by atoms with E-state index in [1.54, 1.807) is 0 Å². The second-order valence-corrected chi connectivity index (χ2v) is 2.12. The second kappa shape index (κ2) is 5.11. The molecule has 0 saturated carbocycles. The minimum atomic E-state index is 0.0182. The summed E-state index contributed by atoms with van der Waals surface area (Å²) in [7, 11) is 0. The zero-order valence-electron chi connectivity index (χ0n) is 6.44. The largest absolute Gasteiger partial charge is 0.376 e. The molecule has 0 aromatic rings. The first kappa shape index (κ1) is 9.30. The van der Waals surface area contributed by atoms with Gasteiger partial charge in [-0.1, -0.05) is 0 Å². The van der Waals surface area contributed by atoms with E-state index in [0.29, 0.717) is 12.3 Å². The quantitative estimate of drug-likeness (QED) is 0.584. The summed E-state index contributed by atoms with van der Waals surface area (Å²) in [6, 6.07) is 0. The highest BCUT2D eigenvalue weighted by molar-refractivity contribution is 5.99. The van der Waals surface area contributed by atoms with Gasteiger partial charge >= 0.3 is 0 Å². The molecule has 0 heterocycles. The third-order valence-electron chi connectivity index (χ3n) is 0.943. The van der Waals surface area contributed by atoms with Gasteiger partial charge in [-0.05, 0) is 13.8 Å². The van der Waals surface area contributed by atoms with Crippen LogP contribution in [0.5, 0.6) is 0 Å². The third kappa shape index (κ3) is 5.44. The van der Waals surface area contributed by atoms with Crippen LogP contribution < -0.4 is 0 Å². The van der Waals surface area contributed by atoms with Crippen molar-refractivity contribution in [2.24, 2.45) is 0 Å². The van der Waals surface area contributed by atoms with Gasteiger partial charge in [-0.15, -0.1) is 0 Å². The average Bonchev–Trinajstić information content (AvgIpc) is 1.82. The molecule has 0 rings (SSSR count). The van der Waals surface area contributed by atoms with Crippen LogP contribution in [0.4, 0.5) is 0 Å². The van der Waals surface area contributed by atoms with E-state index in [-0.39, 0.29) is 18.8 Å². The van der Waals surface area contributed by atoms with E-state index in [1.807, 2.05) is 6.92 Å². The van der Waals surface area contributed by atoms with Crippen molar-refractivity contribution < 1.29 is 9.53 Å². The number of ketones is 1. The Morgan fingerprint density at radius 3 is 2.60 bits per heavy atom. The predicted molar refractivity (Wildman–Crippen MR) is 39.5 cm³/mol. The molecule has 0 fully saturated rings. The fraction of sp³-hybridized carbons (Fsp3) is 0.714. The average molecular weight is 143 g/mol. The molecule has 0 amide bonds. The Bertz CT molecular complexity index is 132. The van der Waals surface area contributed by atoms with Crippen LogP contribution in [0.25, 0.3) is 0 Å².